The lowest BCUT2D eigenvalue weighted by Gasteiger charge is -2.36. The van der Waals surface area contributed by atoms with Crippen molar-refractivity contribution in [2.24, 2.45) is 17.3 Å². The molecular formula is C29H50N6O6. The van der Waals surface area contributed by atoms with E-state index in [1.165, 1.54) is 15.9 Å². The van der Waals surface area contributed by atoms with Crippen LogP contribution in [0.25, 0.3) is 0 Å². The highest BCUT2D eigenvalue weighted by molar-refractivity contribution is 6.38. The van der Waals surface area contributed by atoms with E-state index in [1.807, 2.05) is 20.8 Å². The third-order valence-electron chi connectivity index (χ3n) is 7.25. The molecule has 1 aliphatic rings. The summed E-state index contributed by atoms with van der Waals surface area (Å²) in [6.07, 6.45) is 2.64. The first-order chi connectivity index (χ1) is 19.0. The summed E-state index contributed by atoms with van der Waals surface area (Å²) in [7, 11) is 3.16. The van der Waals surface area contributed by atoms with Crippen LogP contribution in [0.1, 0.15) is 67.7 Å². The van der Waals surface area contributed by atoms with Gasteiger partial charge in [-0.05, 0) is 37.0 Å². The van der Waals surface area contributed by atoms with Crippen molar-refractivity contribution in [3.63, 3.8) is 0 Å². The molecule has 1 heterocycles. The zero-order chi connectivity index (χ0) is 31.7. The molecule has 0 aromatic carbocycles. The first kappa shape index (κ1) is 35.6. The quantitative estimate of drug-likeness (QED) is 0.190. The molecule has 12 heteroatoms. The summed E-state index contributed by atoms with van der Waals surface area (Å²) in [5.74, 6) is -2.65. The minimum absolute atomic E-state index is 0.0121. The number of nitrogens with one attached hydrogen (secondary N) is 4. The first-order valence-corrected chi connectivity index (χ1v) is 14.3. The van der Waals surface area contributed by atoms with Gasteiger partial charge in [-0.2, -0.15) is 0 Å². The lowest BCUT2D eigenvalue weighted by molar-refractivity contribution is -0.143. The van der Waals surface area contributed by atoms with Crippen molar-refractivity contribution < 1.29 is 28.8 Å². The van der Waals surface area contributed by atoms with Gasteiger partial charge in [0.15, 0.2) is 0 Å². The second kappa shape index (κ2) is 15.5. The standard InChI is InChI=1S/C29H50N6O6/c1-11-13-20(22(36)25(38)30-14-12-2)32-24(37)21-15-19(17(3)4)16-35(21)27(40)23(29(6,7)8)33-28(41)31-18(5)26(39)34(9)10/h12,17-21,23H,2,11,13-16H2,1,3-10H3,(H,30,38)(H,32,37)(H2,31,33,41)/t18?,19-,20?,21?,23?/m1/s1. The summed E-state index contributed by atoms with van der Waals surface area (Å²) in [5, 5.41) is 10.5. The Hall–Kier alpha value is -3.44. The van der Waals surface area contributed by atoms with Crippen LogP contribution in [-0.4, -0.2) is 96.6 Å². The number of amides is 6. The van der Waals surface area contributed by atoms with Crippen LogP contribution in [0.4, 0.5) is 4.79 Å². The fraction of sp³-hybridized carbons (Fsp3) is 0.724. The molecule has 0 aliphatic carbocycles. The number of hydrogen-bond acceptors (Lipinski definition) is 6. The summed E-state index contributed by atoms with van der Waals surface area (Å²) < 4.78 is 0. The van der Waals surface area contributed by atoms with Crippen LogP contribution in [0.15, 0.2) is 12.7 Å². The molecule has 0 bridgehead atoms. The van der Waals surface area contributed by atoms with Gasteiger partial charge in [0.1, 0.15) is 18.1 Å². The molecule has 232 valence electrons. The van der Waals surface area contributed by atoms with Crippen LogP contribution in [-0.2, 0) is 24.0 Å². The SMILES string of the molecule is C=CCNC(=O)C(=O)C(CCC)NC(=O)C1C[C@@H](C(C)C)CN1C(=O)C(NC(=O)NC(C)C(=O)N(C)C)C(C)(C)C. The molecule has 41 heavy (non-hydrogen) atoms. The Morgan fingerprint density at radius 2 is 1.63 bits per heavy atom. The molecule has 4 unspecified atom stereocenters. The molecule has 1 fully saturated rings. The number of rotatable bonds is 13. The normalized spacial score (nSPS) is 19.0. The van der Waals surface area contributed by atoms with E-state index in [-0.39, 0.29) is 30.7 Å². The Kier molecular flexibility index (Phi) is 13.5. The number of nitrogens with zero attached hydrogens (tertiary/aromatic N) is 2. The Labute approximate surface area is 244 Å². The number of Topliss-reactive ketones (excluding diaryl/α,β-unsaturated/α-hetero) is 1. The molecule has 1 saturated heterocycles. The van der Waals surface area contributed by atoms with E-state index < -0.39 is 59.1 Å². The molecule has 0 radical (unpaired) electrons. The monoisotopic (exact) mass is 578 g/mol. The van der Waals surface area contributed by atoms with E-state index in [0.717, 1.165) is 0 Å². The van der Waals surface area contributed by atoms with Gasteiger partial charge in [0.05, 0.1) is 6.04 Å². The topological polar surface area (TPSA) is 157 Å². The van der Waals surface area contributed by atoms with Crippen LogP contribution in [0.5, 0.6) is 0 Å². The van der Waals surface area contributed by atoms with E-state index in [2.05, 4.69) is 27.8 Å². The Bertz CT molecular complexity index is 989. The largest absolute Gasteiger partial charge is 0.347 e. The summed E-state index contributed by atoms with van der Waals surface area (Å²) in [5.41, 5.74) is -0.732. The molecule has 0 aromatic rings. The maximum atomic E-state index is 14.0. The predicted molar refractivity (Wildman–Crippen MR) is 157 cm³/mol. The Morgan fingerprint density at radius 1 is 1.02 bits per heavy atom. The fourth-order valence-corrected chi connectivity index (χ4v) is 4.71. The van der Waals surface area contributed by atoms with Crippen molar-refractivity contribution in [2.45, 2.75) is 91.9 Å². The molecule has 4 N–H and O–H groups in total. The minimum atomic E-state index is -1.04. The van der Waals surface area contributed by atoms with Crippen molar-refractivity contribution in [3.05, 3.63) is 12.7 Å². The van der Waals surface area contributed by atoms with E-state index in [4.69, 9.17) is 0 Å². The van der Waals surface area contributed by atoms with Gasteiger partial charge < -0.3 is 31.1 Å². The summed E-state index contributed by atoms with van der Waals surface area (Å²) in [6.45, 7) is 16.7. The molecular weight excluding hydrogens is 528 g/mol. The molecule has 1 aliphatic heterocycles. The lowest BCUT2D eigenvalue weighted by Crippen LogP contribution is -2.61. The second-order valence-corrected chi connectivity index (χ2v) is 12.3. The molecule has 12 nitrogen and oxygen atoms in total. The number of carbonyl (C=O) groups excluding carboxylic acids is 6. The maximum absolute atomic E-state index is 14.0. The van der Waals surface area contributed by atoms with E-state index >= 15 is 0 Å². The fourth-order valence-electron chi connectivity index (χ4n) is 4.71. The van der Waals surface area contributed by atoms with Crippen molar-refractivity contribution in [1.82, 2.24) is 31.1 Å². The van der Waals surface area contributed by atoms with Gasteiger partial charge in [-0.25, -0.2) is 4.79 Å². The molecule has 1 rings (SSSR count). The van der Waals surface area contributed by atoms with Crippen molar-refractivity contribution in [2.75, 3.05) is 27.2 Å². The number of carbonyl (C=O) groups is 6. The number of urea groups is 1. The highest BCUT2D eigenvalue weighted by Crippen LogP contribution is 2.32. The van der Waals surface area contributed by atoms with Crippen LogP contribution in [0.2, 0.25) is 0 Å². The highest BCUT2D eigenvalue weighted by atomic mass is 16.2. The van der Waals surface area contributed by atoms with Gasteiger partial charge in [-0.15, -0.1) is 6.58 Å². The smallest absolute Gasteiger partial charge is 0.316 e. The van der Waals surface area contributed by atoms with E-state index in [1.54, 1.807) is 41.8 Å². The van der Waals surface area contributed by atoms with Crippen molar-refractivity contribution in [1.29, 1.82) is 0 Å². The maximum Gasteiger partial charge on any atom is 0.316 e. The number of likely N-dealkylation sites (N-methyl/N-ethyl adjacent to an activating group) is 1. The number of hydrogen-bond donors (Lipinski definition) is 4. The average Bonchev–Trinajstić information content (AvgIpc) is 3.34. The minimum Gasteiger partial charge on any atom is -0.347 e. The van der Waals surface area contributed by atoms with Gasteiger partial charge in [0, 0.05) is 27.2 Å². The van der Waals surface area contributed by atoms with Crippen LogP contribution in [0, 0.1) is 17.3 Å². The summed E-state index contributed by atoms with van der Waals surface area (Å²) in [6, 6.07) is -4.43. The van der Waals surface area contributed by atoms with Crippen LogP contribution in [0.3, 0.4) is 0 Å². The number of likely N-dealkylation sites (tertiary alicyclic amines) is 1. The zero-order valence-corrected chi connectivity index (χ0v) is 26.1. The lowest BCUT2D eigenvalue weighted by atomic mass is 9.85. The summed E-state index contributed by atoms with van der Waals surface area (Å²) >= 11 is 0. The van der Waals surface area contributed by atoms with Crippen LogP contribution >= 0.6 is 0 Å². The predicted octanol–water partition coefficient (Wildman–Crippen LogP) is 1.21. The van der Waals surface area contributed by atoms with E-state index in [0.29, 0.717) is 19.4 Å². The average molecular weight is 579 g/mol. The second-order valence-electron chi connectivity index (χ2n) is 12.3. The Morgan fingerprint density at radius 3 is 2.12 bits per heavy atom. The Balaban J connectivity index is 3.23. The molecule has 0 saturated carbocycles. The van der Waals surface area contributed by atoms with Gasteiger partial charge in [0.25, 0.3) is 5.91 Å². The third-order valence-corrected chi connectivity index (χ3v) is 7.25. The number of ketones is 1. The van der Waals surface area contributed by atoms with E-state index in [9.17, 15) is 28.8 Å². The van der Waals surface area contributed by atoms with Gasteiger partial charge >= 0.3 is 6.03 Å². The first-order valence-electron chi connectivity index (χ1n) is 14.3. The molecule has 0 spiro atoms. The van der Waals surface area contributed by atoms with Crippen LogP contribution < -0.4 is 21.3 Å². The van der Waals surface area contributed by atoms with Crippen molar-refractivity contribution in [3.8, 4) is 0 Å². The van der Waals surface area contributed by atoms with Crippen molar-refractivity contribution >= 4 is 35.4 Å². The molecule has 0 aromatic heterocycles. The third kappa shape index (κ3) is 10.2. The zero-order valence-electron chi connectivity index (χ0n) is 26.1. The van der Waals surface area contributed by atoms with Gasteiger partial charge in [-0.1, -0.05) is 54.0 Å². The molecule has 5 atom stereocenters. The summed E-state index contributed by atoms with van der Waals surface area (Å²) in [4.78, 5) is 80.6. The molecule has 6 amide bonds. The van der Waals surface area contributed by atoms with Gasteiger partial charge in [0.2, 0.25) is 23.5 Å². The van der Waals surface area contributed by atoms with Gasteiger partial charge in [-0.3, -0.25) is 24.0 Å². The highest BCUT2D eigenvalue weighted by Gasteiger charge is 2.46.